The molecule has 7 nitrogen and oxygen atoms in total. The van der Waals surface area contributed by atoms with Crippen molar-refractivity contribution in [3.63, 3.8) is 0 Å². The maximum Gasteiger partial charge on any atom is 0.289 e. The van der Waals surface area contributed by atoms with Crippen molar-refractivity contribution >= 4 is 23.4 Å². The molecule has 2 aliphatic heterocycles. The summed E-state index contributed by atoms with van der Waals surface area (Å²) < 4.78 is 5.17. The number of amides is 3. The lowest BCUT2D eigenvalue weighted by Gasteiger charge is -2.35. The fraction of sp³-hybridized carbons (Fsp3) is 0.409. The SMILES string of the molecule is Cc1ccc(N2CC(C(=O)N3CCN(C(=O)c4ccco4)CC3)CC2=O)cc1C. The van der Waals surface area contributed by atoms with Gasteiger partial charge in [0.25, 0.3) is 5.91 Å². The highest BCUT2D eigenvalue weighted by atomic mass is 16.3. The second-order valence-electron chi connectivity index (χ2n) is 7.77. The van der Waals surface area contributed by atoms with E-state index in [1.54, 1.807) is 26.8 Å². The zero-order valence-corrected chi connectivity index (χ0v) is 16.8. The van der Waals surface area contributed by atoms with Crippen LogP contribution in [0.1, 0.15) is 28.1 Å². The molecule has 0 aliphatic carbocycles. The van der Waals surface area contributed by atoms with Gasteiger partial charge in [-0.05, 0) is 49.2 Å². The minimum absolute atomic E-state index is 0.00483. The first-order valence-corrected chi connectivity index (χ1v) is 9.93. The van der Waals surface area contributed by atoms with Crippen LogP contribution in [0, 0.1) is 19.8 Å². The van der Waals surface area contributed by atoms with Gasteiger partial charge >= 0.3 is 0 Å². The number of carbonyl (C=O) groups excluding carboxylic acids is 3. The molecule has 0 radical (unpaired) electrons. The monoisotopic (exact) mass is 395 g/mol. The average molecular weight is 395 g/mol. The van der Waals surface area contributed by atoms with Gasteiger partial charge in [0, 0.05) is 44.8 Å². The fourth-order valence-electron chi connectivity index (χ4n) is 3.96. The van der Waals surface area contributed by atoms with E-state index < -0.39 is 0 Å². The second-order valence-corrected chi connectivity index (χ2v) is 7.77. The van der Waals surface area contributed by atoms with Crippen LogP contribution in [-0.2, 0) is 9.59 Å². The highest BCUT2D eigenvalue weighted by molar-refractivity contribution is 6.00. The lowest BCUT2D eigenvalue weighted by Crippen LogP contribution is -2.52. The molecule has 152 valence electrons. The van der Waals surface area contributed by atoms with Crippen molar-refractivity contribution in [3.8, 4) is 0 Å². The van der Waals surface area contributed by atoms with Crippen LogP contribution in [-0.4, -0.2) is 60.2 Å². The van der Waals surface area contributed by atoms with Gasteiger partial charge < -0.3 is 19.1 Å². The van der Waals surface area contributed by atoms with Gasteiger partial charge in [0.2, 0.25) is 11.8 Å². The van der Waals surface area contributed by atoms with Gasteiger partial charge in [-0.25, -0.2) is 0 Å². The Morgan fingerprint density at radius 1 is 1.00 bits per heavy atom. The van der Waals surface area contributed by atoms with E-state index in [0.29, 0.717) is 38.5 Å². The molecule has 3 amide bonds. The Kier molecular flexibility index (Phi) is 5.13. The minimum Gasteiger partial charge on any atom is -0.459 e. The Balaban J connectivity index is 1.36. The van der Waals surface area contributed by atoms with E-state index in [0.717, 1.165) is 11.3 Å². The summed E-state index contributed by atoms with van der Waals surface area (Å²) in [6.45, 7) is 6.34. The Morgan fingerprint density at radius 3 is 2.38 bits per heavy atom. The number of nitrogens with zero attached hydrogens (tertiary/aromatic N) is 3. The lowest BCUT2D eigenvalue weighted by molar-refractivity contribution is -0.137. The summed E-state index contributed by atoms with van der Waals surface area (Å²) in [4.78, 5) is 43.1. The van der Waals surface area contributed by atoms with Crippen molar-refractivity contribution in [2.24, 2.45) is 5.92 Å². The quantitative estimate of drug-likeness (QED) is 0.799. The molecule has 1 unspecified atom stereocenters. The molecule has 1 aromatic heterocycles. The van der Waals surface area contributed by atoms with Crippen LogP contribution in [0.5, 0.6) is 0 Å². The molecule has 2 aromatic rings. The third kappa shape index (κ3) is 3.77. The molecule has 0 N–H and O–H groups in total. The molecule has 7 heteroatoms. The van der Waals surface area contributed by atoms with Crippen LogP contribution in [0.25, 0.3) is 0 Å². The molecular weight excluding hydrogens is 370 g/mol. The van der Waals surface area contributed by atoms with Crippen molar-refractivity contribution in [1.29, 1.82) is 0 Å². The van der Waals surface area contributed by atoms with Gasteiger partial charge in [-0.3, -0.25) is 14.4 Å². The van der Waals surface area contributed by atoms with Crippen LogP contribution in [0.2, 0.25) is 0 Å². The molecule has 1 atom stereocenters. The number of anilines is 1. The van der Waals surface area contributed by atoms with Gasteiger partial charge in [0.1, 0.15) is 0 Å². The van der Waals surface area contributed by atoms with E-state index in [1.165, 1.54) is 11.8 Å². The smallest absolute Gasteiger partial charge is 0.289 e. The van der Waals surface area contributed by atoms with Crippen molar-refractivity contribution in [2.75, 3.05) is 37.6 Å². The molecule has 2 fully saturated rings. The van der Waals surface area contributed by atoms with E-state index >= 15 is 0 Å². The number of hydrogen-bond acceptors (Lipinski definition) is 4. The zero-order valence-electron chi connectivity index (χ0n) is 16.8. The molecule has 2 aliphatic rings. The predicted octanol–water partition coefficient (Wildman–Crippen LogP) is 2.23. The summed E-state index contributed by atoms with van der Waals surface area (Å²) in [5, 5.41) is 0. The van der Waals surface area contributed by atoms with Crippen LogP contribution in [0.4, 0.5) is 5.69 Å². The summed E-state index contributed by atoms with van der Waals surface area (Å²) in [6, 6.07) is 9.27. The second kappa shape index (κ2) is 7.73. The van der Waals surface area contributed by atoms with Crippen LogP contribution in [0.15, 0.2) is 41.0 Å². The molecule has 4 rings (SSSR count). The first kappa shape index (κ1) is 19.2. The number of aryl methyl sites for hydroxylation is 2. The van der Waals surface area contributed by atoms with Crippen molar-refractivity contribution in [3.05, 3.63) is 53.5 Å². The Morgan fingerprint density at radius 2 is 1.72 bits per heavy atom. The average Bonchev–Trinajstić information content (AvgIpc) is 3.39. The topological polar surface area (TPSA) is 74.1 Å². The summed E-state index contributed by atoms with van der Waals surface area (Å²) in [5.74, 6) is -0.196. The molecule has 3 heterocycles. The number of benzene rings is 1. The van der Waals surface area contributed by atoms with Crippen LogP contribution >= 0.6 is 0 Å². The largest absolute Gasteiger partial charge is 0.459 e. The van der Waals surface area contributed by atoms with Crippen LogP contribution < -0.4 is 4.90 Å². The van der Waals surface area contributed by atoms with E-state index in [-0.39, 0.29) is 30.1 Å². The number of rotatable bonds is 3. The normalized spacial score (nSPS) is 19.7. The summed E-state index contributed by atoms with van der Waals surface area (Å²) in [5.41, 5.74) is 3.15. The maximum atomic E-state index is 13.0. The zero-order chi connectivity index (χ0) is 20.5. The molecule has 1 aromatic carbocycles. The van der Waals surface area contributed by atoms with E-state index in [2.05, 4.69) is 0 Å². The van der Waals surface area contributed by atoms with E-state index in [4.69, 9.17) is 4.42 Å². The highest BCUT2D eigenvalue weighted by Crippen LogP contribution is 2.28. The maximum absolute atomic E-state index is 13.0. The molecule has 0 saturated carbocycles. The van der Waals surface area contributed by atoms with Crippen molar-refractivity contribution in [1.82, 2.24) is 9.80 Å². The summed E-state index contributed by atoms with van der Waals surface area (Å²) >= 11 is 0. The Hall–Kier alpha value is -3.09. The molecular formula is C22H25N3O4. The molecule has 2 saturated heterocycles. The van der Waals surface area contributed by atoms with Gasteiger partial charge in [0.05, 0.1) is 12.2 Å². The molecule has 0 bridgehead atoms. The van der Waals surface area contributed by atoms with E-state index in [9.17, 15) is 14.4 Å². The number of furan rings is 1. The van der Waals surface area contributed by atoms with Crippen molar-refractivity contribution in [2.45, 2.75) is 20.3 Å². The first-order valence-electron chi connectivity index (χ1n) is 9.93. The fourth-order valence-corrected chi connectivity index (χ4v) is 3.96. The minimum atomic E-state index is -0.337. The predicted molar refractivity (Wildman–Crippen MR) is 108 cm³/mol. The Labute approximate surface area is 169 Å². The van der Waals surface area contributed by atoms with Gasteiger partial charge in [-0.2, -0.15) is 0 Å². The summed E-state index contributed by atoms with van der Waals surface area (Å²) in [7, 11) is 0. The molecule has 0 spiro atoms. The molecule has 29 heavy (non-hydrogen) atoms. The third-order valence-electron chi connectivity index (χ3n) is 5.89. The lowest BCUT2D eigenvalue weighted by atomic mass is 10.1. The Bertz CT molecular complexity index is 930. The van der Waals surface area contributed by atoms with Gasteiger partial charge in [0.15, 0.2) is 5.76 Å². The van der Waals surface area contributed by atoms with E-state index in [1.807, 2.05) is 32.0 Å². The van der Waals surface area contributed by atoms with Crippen LogP contribution in [0.3, 0.4) is 0 Å². The standard InChI is InChI=1S/C22H25N3O4/c1-15-5-6-18(12-16(15)2)25-14-17(13-20(25)26)21(27)23-7-9-24(10-8-23)22(28)19-4-3-11-29-19/h3-6,11-12,17H,7-10,13-14H2,1-2H3. The van der Waals surface area contributed by atoms with Gasteiger partial charge in [-0.1, -0.05) is 6.07 Å². The first-order chi connectivity index (χ1) is 13.9. The third-order valence-corrected chi connectivity index (χ3v) is 5.89. The number of piperazine rings is 1. The highest BCUT2D eigenvalue weighted by Gasteiger charge is 2.38. The van der Waals surface area contributed by atoms with Crippen molar-refractivity contribution < 1.29 is 18.8 Å². The number of carbonyl (C=O) groups is 3. The summed E-state index contributed by atoms with van der Waals surface area (Å²) in [6.07, 6.45) is 1.71. The van der Waals surface area contributed by atoms with Gasteiger partial charge in [-0.15, -0.1) is 0 Å². The number of hydrogen-bond donors (Lipinski definition) is 0.